The molecular weight excluding hydrogens is 328 g/mol. The number of aryl methyl sites for hydroxylation is 1. The van der Waals surface area contributed by atoms with Crippen LogP contribution in [-0.4, -0.2) is 54.9 Å². The molecule has 134 valence electrons. The lowest BCUT2D eigenvalue weighted by atomic mass is 10.0. The fourth-order valence-electron chi connectivity index (χ4n) is 3.70. The van der Waals surface area contributed by atoms with E-state index in [1.54, 1.807) is 17.3 Å². The number of amides is 2. The maximum atomic E-state index is 13.1. The van der Waals surface area contributed by atoms with E-state index in [-0.39, 0.29) is 5.91 Å². The van der Waals surface area contributed by atoms with Gasteiger partial charge in [0.1, 0.15) is 0 Å². The monoisotopic (exact) mass is 350 g/mol. The van der Waals surface area contributed by atoms with Gasteiger partial charge < -0.3 is 14.7 Å². The zero-order chi connectivity index (χ0) is 17.9. The molecule has 0 unspecified atom stereocenters. The first-order valence-electron chi connectivity index (χ1n) is 9.05. The molecule has 1 saturated heterocycles. The quantitative estimate of drug-likeness (QED) is 0.794. The summed E-state index contributed by atoms with van der Waals surface area (Å²) < 4.78 is 0. The fraction of sp³-hybridized carbons (Fsp3) is 0.350. The van der Waals surface area contributed by atoms with Gasteiger partial charge in [-0.15, -0.1) is 0 Å². The average molecular weight is 350 g/mol. The summed E-state index contributed by atoms with van der Waals surface area (Å²) in [6, 6.07) is 10.0. The van der Waals surface area contributed by atoms with Crippen LogP contribution < -0.4 is 9.80 Å². The van der Waals surface area contributed by atoms with Crippen LogP contribution in [0.25, 0.3) is 0 Å². The highest BCUT2D eigenvalue weighted by atomic mass is 16.2. The number of pyridine rings is 1. The molecule has 0 radical (unpaired) electrons. The van der Waals surface area contributed by atoms with Crippen molar-refractivity contribution in [1.82, 2.24) is 9.88 Å². The minimum absolute atomic E-state index is 0.00183. The number of nitrogens with zero attached hydrogens (tertiary/aromatic N) is 4. The van der Waals surface area contributed by atoms with E-state index in [0.717, 1.165) is 50.3 Å². The highest BCUT2D eigenvalue weighted by molar-refractivity contribution is 6.07. The molecule has 6 nitrogen and oxygen atoms in total. The molecule has 3 heterocycles. The molecule has 2 amide bonds. The third-order valence-corrected chi connectivity index (χ3v) is 5.15. The molecule has 0 bridgehead atoms. The number of rotatable bonds is 3. The predicted octanol–water partition coefficient (Wildman–Crippen LogP) is 1.95. The summed E-state index contributed by atoms with van der Waals surface area (Å²) in [5.74, 6) is -0.00183. The van der Waals surface area contributed by atoms with Gasteiger partial charge in [-0.2, -0.15) is 0 Å². The van der Waals surface area contributed by atoms with Crippen LogP contribution in [0, 0.1) is 0 Å². The zero-order valence-corrected chi connectivity index (χ0v) is 14.7. The first kappa shape index (κ1) is 16.6. The summed E-state index contributed by atoms with van der Waals surface area (Å²) >= 11 is 0. The molecule has 1 aromatic carbocycles. The Morgan fingerprint density at radius 3 is 2.65 bits per heavy atom. The Labute approximate surface area is 153 Å². The van der Waals surface area contributed by atoms with Crippen LogP contribution in [0.2, 0.25) is 0 Å². The van der Waals surface area contributed by atoms with Crippen molar-refractivity contribution in [2.24, 2.45) is 0 Å². The number of aromatic nitrogens is 1. The van der Waals surface area contributed by atoms with Gasteiger partial charge in [-0.05, 0) is 30.5 Å². The van der Waals surface area contributed by atoms with E-state index in [4.69, 9.17) is 0 Å². The number of para-hydroxylation sites is 1. The van der Waals surface area contributed by atoms with Crippen molar-refractivity contribution in [3.05, 3.63) is 53.9 Å². The summed E-state index contributed by atoms with van der Waals surface area (Å²) in [5, 5.41) is 0. The number of carbonyl (C=O) groups is 2. The molecular formula is C20H22N4O2. The Bertz CT molecular complexity index is 815. The Kier molecular flexibility index (Phi) is 4.56. The lowest BCUT2D eigenvalue weighted by molar-refractivity contribution is -0.118. The molecule has 0 N–H and O–H groups in total. The number of anilines is 2. The molecule has 4 rings (SSSR count). The number of hydrogen-bond donors (Lipinski definition) is 0. The van der Waals surface area contributed by atoms with Gasteiger partial charge in [0.05, 0.1) is 17.4 Å². The predicted molar refractivity (Wildman–Crippen MR) is 101 cm³/mol. The van der Waals surface area contributed by atoms with Crippen LogP contribution in [0.5, 0.6) is 0 Å². The van der Waals surface area contributed by atoms with E-state index in [9.17, 15) is 9.59 Å². The summed E-state index contributed by atoms with van der Waals surface area (Å²) in [7, 11) is 0. The Morgan fingerprint density at radius 2 is 1.85 bits per heavy atom. The van der Waals surface area contributed by atoms with E-state index in [2.05, 4.69) is 16.0 Å². The molecule has 6 heteroatoms. The molecule has 1 fully saturated rings. The first-order chi connectivity index (χ1) is 12.8. The maximum Gasteiger partial charge on any atom is 0.259 e. The Hall–Kier alpha value is -2.89. The van der Waals surface area contributed by atoms with Gasteiger partial charge in [0.25, 0.3) is 5.91 Å². The topological polar surface area (TPSA) is 56.8 Å². The molecule has 0 atom stereocenters. The van der Waals surface area contributed by atoms with Gasteiger partial charge in [0.15, 0.2) is 0 Å². The van der Waals surface area contributed by atoms with Crippen molar-refractivity contribution in [1.29, 1.82) is 0 Å². The van der Waals surface area contributed by atoms with E-state index < -0.39 is 0 Å². The van der Waals surface area contributed by atoms with E-state index >= 15 is 0 Å². The molecule has 2 aromatic rings. The standard InChI is InChI=1S/C20H22N4O2/c25-15-22-8-10-23(11-9-22)18-12-17(13-21-14-18)20(26)24-7-3-5-16-4-1-2-6-19(16)24/h1-2,4,6,12-15H,3,5,7-11H2. The van der Waals surface area contributed by atoms with Crippen LogP contribution >= 0.6 is 0 Å². The third kappa shape index (κ3) is 3.14. The SMILES string of the molecule is O=CN1CCN(c2cncc(C(=O)N3CCCc4ccccc43)c2)CC1. The van der Waals surface area contributed by atoms with E-state index in [1.165, 1.54) is 5.56 Å². The van der Waals surface area contributed by atoms with Gasteiger partial charge in [0, 0.05) is 44.6 Å². The minimum atomic E-state index is -0.00183. The van der Waals surface area contributed by atoms with Gasteiger partial charge in [-0.25, -0.2) is 0 Å². The molecule has 0 saturated carbocycles. The summed E-state index contributed by atoms with van der Waals surface area (Å²) in [5.41, 5.74) is 3.78. The van der Waals surface area contributed by atoms with E-state index in [1.807, 2.05) is 29.2 Å². The maximum absolute atomic E-state index is 13.1. The number of fused-ring (bicyclic) bond motifs is 1. The largest absolute Gasteiger partial charge is 0.367 e. The van der Waals surface area contributed by atoms with Crippen molar-refractivity contribution in [3.8, 4) is 0 Å². The van der Waals surface area contributed by atoms with Crippen LogP contribution in [0.1, 0.15) is 22.3 Å². The Balaban J connectivity index is 1.56. The van der Waals surface area contributed by atoms with Crippen molar-refractivity contribution in [2.45, 2.75) is 12.8 Å². The molecule has 2 aliphatic rings. The summed E-state index contributed by atoms with van der Waals surface area (Å²) in [4.78, 5) is 34.1. The smallest absolute Gasteiger partial charge is 0.259 e. The highest BCUT2D eigenvalue weighted by Crippen LogP contribution is 2.28. The first-order valence-corrected chi connectivity index (χ1v) is 9.05. The van der Waals surface area contributed by atoms with Crippen LogP contribution in [-0.2, 0) is 11.2 Å². The average Bonchev–Trinajstić information content (AvgIpc) is 2.73. The number of carbonyl (C=O) groups excluding carboxylic acids is 2. The molecule has 0 spiro atoms. The van der Waals surface area contributed by atoms with Crippen LogP contribution in [0.15, 0.2) is 42.7 Å². The minimum Gasteiger partial charge on any atom is -0.367 e. The van der Waals surface area contributed by atoms with Crippen molar-refractivity contribution in [2.75, 3.05) is 42.5 Å². The van der Waals surface area contributed by atoms with Gasteiger partial charge >= 0.3 is 0 Å². The van der Waals surface area contributed by atoms with Crippen molar-refractivity contribution < 1.29 is 9.59 Å². The summed E-state index contributed by atoms with van der Waals surface area (Å²) in [6.45, 7) is 3.63. The van der Waals surface area contributed by atoms with Gasteiger partial charge in [-0.3, -0.25) is 14.6 Å². The lowest BCUT2D eigenvalue weighted by Crippen LogP contribution is -2.45. The zero-order valence-electron chi connectivity index (χ0n) is 14.7. The fourth-order valence-corrected chi connectivity index (χ4v) is 3.70. The number of benzene rings is 1. The molecule has 1 aromatic heterocycles. The van der Waals surface area contributed by atoms with Crippen molar-refractivity contribution in [3.63, 3.8) is 0 Å². The lowest BCUT2D eigenvalue weighted by Gasteiger charge is -2.34. The van der Waals surface area contributed by atoms with Crippen LogP contribution in [0.4, 0.5) is 11.4 Å². The molecule has 26 heavy (non-hydrogen) atoms. The second-order valence-corrected chi connectivity index (χ2v) is 6.75. The molecule has 2 aliphatic heterocycles. The highest BCUT2D eigenvalue weighted by Gasteiger charge is 2.24. The molecule has 0 aliphatic carbocycles. The number of piperazine rings is 1. The second kappa shape index (κ2) is 7.15. The van der Waals surface area contributed by atoms with Crippen LogP contribution in [0.3, 0.4) is 0 Å². The van der Waals surface area contributed by atoms with Crippen molar-refractivity contribution >= 4 is 23.7 Å². The Morgan fingerprint density at radius 1 is 1.04 bits per heavy atom. The van der Waals surface area contributed by atoms with Gasteiger partial charge in [0.2, 0.25) is 6.41 Å². The third-order valence-electron chi connectivity index (χ3n) is 5.15. The second-order valence-electron chi connectivity index (χ2n) is 6.75. The van der Waals surface area contributed by atoms with E-state index in [0.29, 0.717) is 18.7 Å². The number of hydrogen-bond acceptors (Lipinski definition) is 4. The normalized spacial score (nSPS) is 17.0. The summed E-state index contributed by atoms with van der Waals surface area (Å²) in [6.07, 6.45) is 6.31. The van der Waals surface area contributed by atoms with Gasteiger partial charge in [-0.1, -0.05) is 18.2 Å².